The molecule has 0 spiro atoms. The predicted molar refractivity (Wildman–Crippen MR) is 52.6 cm³/mol. The summed E-state index contributed by atoms with van der Waals surface area (Å²) in [6, 6.07) is 8.07. The summed E-state index contributed by atoms with van der Waals surface area (Å²) in [5.41, 5.74) is 2.21. The van der Waals surface area contributed by atoms with Crippen molar-refractivity contribution in [2.24, 2.45) is 0 Å². The normalized spacial score (nSPS) is 17.4. The first-order valence-corrected chi connectivity index (χ1v) is 4.47. The van der Waals surface area contributed by atoms with Gasteiger partial charge in [0.05, 0.1) is 0 Å². The first kappa shape index (κ1) is 7.50. The maximum absolute atomic E-state index is 5.42. The van der Waals surface area contributed by atoms with E-state index in [1.54, 1.807) is 0 Å². The molecule has 1 aromatic carbocycles. The fourth-order valence-electron chi connectivity index (χ4n) is 1.64. The Morgan fingerprint density at radius 3 is 3.07 bits per heavy atom. The highest BCUT2D eigenvalue weighted by Gasteiger charge is 2.21. The van der Waals surface area contributed by atoms with Gasteiger partial charge in [-0.05, 0) is 11.6 Å². The molecule has 0 aliphatic carbocycles. The first-order chi connectivity index (χ1) is 6.95. The molecule has 14 heavy (non-hydrogen) atoms. The fourth-order valence-corrected chi connectivity index (χ4v) is 1.64. The standard InChI is InChI=1S/C11H9NO2/c1-2-4-9-8(3-1)5-6-12-11-10(9)13-7-14-11/h1-6,12H,7H2. The SMILES string of the molecule is C1=Cc2ccccc2C2=C(N1)OCO2. The van der Waals surface area contributed by atoms with Crippen molar-refractivity contribution in [3.8, 4) is 0 Å². The van der Waals surface area contributed by atoms with Gasteiger partial charge in [-0.2, -0.15) is 0 Å². The lowest BCUT2D eigenvalue weighted by molar-refractivity contribution is 0.0826. The Bertz CT molecular complexity index is 435. The Balaban J connectivity index is 2.22. The van der Waals surface area contributed by atoms with Crippen LogP contribution < -0.4 is 5.32 Å². The van der Waals surface area contributed by atoms with Gasteiger partial charge in [0.25, 0.3) is 0 Å². The molecule has 70 valence electrons. The fraction of sp³-hybridized carbons (Fsp3) is 0.0909. The van der Waals surface area contributed by atoms with Crippen LogP contribution in [0.3, 0.4) is 0 Å². The smallest absolute Gasteiger partial charge is 0.238 e. The van der Waals surface area contributed by atoms with Crippen molar-refractivity contribution in [1.82, 2.24) is 5.32 Å². The van der Waals surface area contributed by atoms with Gasteiger partial charge in [0.15, 0.2) is 5.76 Å². The summed E-state index contributed by atoms with van der Waals surface area (Å²) in [4.78, 5) is 0. The van der Waals surface area contributed by atoms with Crippen LogP contribution in [0.15, 0.2) is 36.3 Å². The topological polar surface area (TPSA) is 30.5 Å². The number of hydrogen-bond donors (Lipinski definition) is 1. The van der Waals surface area contributed by atoms with Crippen LogP contribution in [0.1, 0.15) is 11.1 Å². The third kappa shape index (κ3) is 0.988. The maximum atomic E-state index is 5.42. The van der Waals surface area contributed by atoms with Crippen LogP contribution in [-0.4, -0.2) is 6.79 Å². The van der Waals surface area contributed by atoms with E-state index < -0.39 is 0 Å². The van der Waals surface area contributed by atoms with Crippen LogP contribution >= 0.6 is 0 Å². The zero-order chi connectivity index (χ0) is 9.38. The molecule has 3 heteroatoms. The molecule has 0 atom stereocenters. The van der Waals surface area contributed by atoms with E-state index in [1.807, 2.05) is 36.5 Å². The van der Waals surface area contributed by atoms with Crippen LogP contribution in [0, 0.1) is 0 Å². The monoisotopic (exact) mass is 187 g/mol. The molecule has 2 aliphatic heterocycles. The number of rotatable bonds is 0. The van der Waals surface area contributed by atoms with Crippen molar-refractivity contribution >= 4 is 11.8 Å². The molecule has 0 radical (unpaired) electrons. The molecule has 1 aromatic rings. The van der Waals surface area contributed by atoms with Crippen LogP contribution in [-0.2, 0) is 9.47 Å². The maximum Gasteiger partial charge on any atom is 0.238 e. The molecule has 2 heterocycles. The summed E-state index contributed by atoms with van der Waals surface area (Å²) < 4.78 is 10.7. The molecular weight excluding hydrogens is 178 g/mol. The highest BCUT2D eigenvalue weighted by molar-refractivity contribution is 5.74. The van der Waals surface area contributed by atoms with Crippen LogP contribution in [0.5, 0.6) is 0 Å². The average Bonchev–Trinajstić information content (AvgIpc) is 2.61. The molecule has 1 N–H and O–H groups in total. The molecule has 0 bridgehead atoms. The van der Waals surface area contributed by atoms with Crippen molar-refractivity contribution < 1.29 is 9.47 Å². The Hall–Kier alpha value is -1.90. The highest BCUT2D eigenvalue weighted by Crippen LogP contribution is 2.29. The zero-order valence-corrected chi connectivity index (χ0v) is 7.49. The summed E-state index contributed by atoms with van der Waals surface area (Å²) in [7, 11) is 0. The number of hydrogen-bond acceptors (Lipinski definition) is 3. The lowest BCUT2D eigenvalue weighted by Gasteiger charge is -2.03. The second kappa shape index (κ2) is 2.80. The van der Waals surface area contributed by atoms with Crippen LogP contribution in [0.2, 0.25) is 0 Å². The Morgan fingerprint density at radius 2 is 2.07 bits per heavy atom. The van der Waals surface area contributed by atoms with Gasteiger partial charge in [0.1, 0.15) is 0 Å². The zero-order valence-electron chi connectivity index (χ0n) is 7.49. The number of benzene rings is 1. The third-order valence-electron chi connectivity index (χ3n) is 2.30. The minimum Gasteiger partial charge on any atom is -0.451 e. The minimum atomic E-state index is 0.292. The van der Waals surface area contributed by atoms with E-state index in [2.05, 4.69) is 5.32 Å². The van der Waals surface area contributed by atoms with E-state index in [0.29, 0.717) is 12.7 Å². The summed E-state index contributed by atoms with van der Waals surface area (Å²) in [5.74, 6) is 1.50. The van der Waals surface area contributed by atoms with Gasteiger partial charge in [0.2, 0.25) is 12.7 Å². The molecule has 0 aromatic heterocycles. The summed E-state index contributed by atoms with van der Waals surface area (Å²) in [6.45, 7) is 0.292. The van der Waals surface area contributed by atoms with Gasteiger partial charge in [0, 0.05) is 11.8 Å². The summed E-state index contributed by atoms with van der Waals surface area (Å²) in [5, 5.41) is 3.04. The average molecular weight is 187 g/mol. The second-order valence-corrected chi connectivity index (χ2v) is 3.13. The van der Waals surface area contributed by atoms with Gasteiger partial charge in [-0.3, -0.25) is 0 Å². The van der Waals surface area contributed by atoms with Gasteiger partial charge < -0.3 is 14.8 Å². The predicted octanol–water partition coefficient (Wildman–Crippen LogP) is 1.89. The molecule has 3 nitrogen and oxygen atoms in total. The molecule has 0 saturated heterocycles. The van der Waals surface area contributed by atoms with E-state index in [1.165, 1.54) is 0 Å². The Kier molecular flexibility index (Phi) is 1.50. The molecule has 0 amide bonds. The number of nitrogens with one attached hydrogen (secondary N) is 1. The molecule has 0 unspecified atom stereocenters. The van der Waals surface area contributed by atoms with E-state index in [9.17, 15) is 0 Å². The first-order valence-electron chi connectivity index (χ1n) is 4.47. The molecular formula is C11H9NO2. The van der Waals surface area contributed by atoms with Crippen molar-refractivity contribution in [3.05, 3.63) is 47.5 Å². The molecule has 0 saturated carbocycles. The Morgan fingerprint density at radius 1 is 1.14 bits per heavy atom. The molecule has 0 fully saturated rings. The number of fused-ring (bicyclic) bond motifs is 2. The lowest BCUT2D eigenvalue weighted by atomic mass is 10.1. The van der Waals surface area contributed by atoms with Crippen molar-refractivity contribution in [2.75, 3.05) is 6.79 Å². The minimum absolute atomic E-state index is 0.292. The van der Waals surface area contributed by atoms with Crippen LogP contribution in [0.4, 0.5) is 0 Å². The summed E-state index contributed by atoms with van der Waals surface area (Å²) >= 11 is 0. The van der Waals surface area contributed by atoms with Crippen molar-refractivity contribution in [1.29, 1.82) is 0 Å². The molecule has 3 rings (SSSR count). The van der Waals surface area contributed by atoms with Crippen molar-refractivity contribution in [3.63, 3.8) is 0 Å². The summed E-state index contributed by atoms with van der Waals surface area (Å²) in [6.07, 6.45) is 3.86. The van der Waals surface area contributed by atoms with Crippen molar-refractivity contribution in [2.45, 2.75) is 0 Å². The number of ether oxygens (including phenoxy) is 2. The highest BCUT2D eigenvalue weighted by atomic mass is 16.7. The lowest BCUT2D eigenvalue weighted by Crippen LogP contribution is -2.04. The third-order valence-corrected chi connectivity index (χ3v) is 2.30. The Labute approximate surface area is 81.6 Å². The van der Waals surface area contributed by atoms with E-state index in [0.717, 1.165) is 16.9 Å². The van der Waals surface area contributed by atoms with Gasteiger partial charge in [-0.25, -0.2) is 0 Å². The van der Waals surface area contributed by atoms with E-state index >= 15 is 0 Å². The van der Waals surface area contributed by atoms with Crippen LogP contribution in [0.25, 0.3) is 11.8 Å². The quantitative estimate of drug-likeness (QED) is 0.672. The van der Waals surface area contributed by atoms with E-state index in [-0.39, 0.29) is 0 Å². The largest absolute Gasteiger partial charge is 0.451 e. The van der Waals surface area contributed by atoms with E-state index in [4.69, 9.17) is 9.47 Å². The van der Waals surface area contributed by atoms with Gasteiger partial charge >= 0.3 is 0 Å². The molecule has 2 aliphatic rings. The van der Waals surface area contributed by atoms with Gasteiger partial charge in [-0.1, -0.05) is 24.3 Å². The van der Waals surface area contributed by atoms with Gasteiger partial charge in [-0.15, -0.1) is 0 Å². The second-order valence-electron chi connectivity index (χ2n) is 3.13.